The van der Waals surface area contributed by atoms with Gasteiger partial charge < -0.3 is 5.73 Å². The largest absolute Gasteiger partial charge is 0.328 e. The molecule has 0 spiro atoms. The Morgan fingerprint density at radius 3 is 2.69 bits per heavy atom. The fraction of sp³-hybridized carbons (Fsp3) is 1.00. The van der Waals surface area contributed by atoms with Crippen LogP contribution in [0.25, 0.3) is 0 Å². The minimum atomic E-state index is -3.30. The molecule has 5 nitrogen and oxygen atoms in total. The highest BCUT2D eigenvalue weighted by Crippen LogP contribution is 2.22. The Hall–Kier alpha value is -0.170. The van der Waals surface area contributed by atoms with Gasteiger partial charge in [0, 0.05) is 19.1 Å². The van der Waals surface area contributed by atoms with Crippen molar-refractivity contribution in [3.63, 3.8) is 0 Å². The molecule has 0 aromatic carbocycles. The second-order valence-electron chi connectivity index (χ2n) is 4.54. The molecule has 2 unspecified atom stereocenters. The van der Waals surface area contributed by atoms with E-state index in [0.717, 1.165) is 32.1 Å². The number of hydrogen-bond donors (Lipinski definition) is 3. The maximum atomic E-state index is 11.5. The van der Waals surface area contributed by atoms with E-state index in [-0.39, 0.29) is 6.04 Å². The standard InChI is InChI=1S/C10H23N3O2S/c1-2-6-12-16(14,15)13-8-9-4-3-5-10(11)7-9/h9-10,12-13H,2-8,11H2,1H3. The molecule has 1 aliphatic carbocycles. The first-order valence-corrected chi connectivity index (χ1v) is 7.51. The molecule has 0 aliphatic heterocycles. The van der Waals surface area contributed by atoms with E-state index >= 15 is 0 Å². The van der Waals surface area contributed by atoms with Crippen LogP contribution in [0.15, 0.2) is 0 Å². The van der Waals surface area contributed by atoms with Crippen LogP contribution < -0.4 is 15.2 Å². The Kier molecular flexibility index (Phi) is 5.68. The third-order valence-electron chi connectivity index (χ3n) is 2.93. The summed E-state index contributed by atoms with van der Waals surface area (Å²) in [4.78, 5) is 0. The molecule has 0 amide bonds. The van der Waals surface area contributed by atoms with Crippen LogP contribution in [0, 0.1) is 5.92 Å². The smallest absolute Gasteiger partial charge is 0.276 e. The Balaban J connectivity index is 2.27. The lowest BCUT2D eigenvalue weighted by atomic mass is 9.86. The SMILES string of the molecule is CCCNS(=O)(=O)NCC1CCCC(N)C1. The van der Waals surface area contributed by atoms with Crippen molar-refractivity contribution in [2.45, 2.75) is 45.1 Å². The second kappa shape index (κ2) is 6.54. The zero-order valence-electron chi connectivity index (χ0n) is 9.91. The predicted octanol–water partition coefficient (Wildman–Crippen LogP) is 0.338. The fourth-order valence-electron chi connectivity index (χ4n) is 2.03. The molecular weight excluding hydrogens is 226 g/mol. The number of hydrogen-bond acceptors (Lipinski definition) is 3. The molecule has 0 aromatic heterocycles. The molecule has 6 heteroatoms. The van der Waals surface area contributed by atoms with Crippen LogP contribution in [0.1, 0.15) is 39.0 Å². The molecule has 1 aliphatic rings. The second-order valence-corrected chi connectivity index (χ2v) is 6.12. The van der Waals surface area contributed by atoms with E-state index in [1.54, 1.807) is 0 Å². The molecule has 0 aromatic rings. The van der Waals surface area contributed by atoms with E-state index in [0.29, 0.717) is 19.0 Å². The van der Waals surface area contributed by atoms with Gasteiger partial charge in [-0.15, -0.1) is 0 Å². The number of rotatable bonds is 6. The van der Waals surface area contributed by atoms with Crippen molar-refractivity contribution >= 4 is 10.2 Å². The van der Waals surface area contributed by atoms with Gasteiger partial charge in [-0.3, -0.25) is 0 Å². The van der Waals surface area contributed by atoms with Crippen LogP contribution in [-0.2, 0) is 10.2 Å². The third kappa shape index (κ3) is 5.25. The molecule has 1 saturated carbocycles. The Labute approximate surface area is 98.4 Å². The first kappa shape index (κ1) is 13.9. The third-order valence-corrected chi connectivity index (χ3v) is 4.06. The fourth-order valence-corrected chi connectivity index (χ4v) is 3.06. The molecule has 2 atom stereocenters. The Morgan fingerprint density at radius 1 is 1.31 bits per heavy atom. The monoisotopic (exact) mass is 249 g/mol. The van der Waals surface area contributed by atoms with Gasteiger partial charge in [-0.2, -0.15) is 8.42 Å². The number of nitrogens with two attached hydrogens (primary N) is 1. The summed E-state index contributed by atoms with van der Waals surface area (Å²) >= 11 is 0. The van der Waals surface area contributed by atoms with Crippen LogP contribution in [0.3, 0.4) is 0 Å². The van der Waals surface area contributed by atoms with Crippen LogP contribution >= 0.6 is 0 Å². The van der Waals surface area contributed by atoms with Crippen molar-refractivity contribution in [1.82, 2.24) is 9.44 Å². The van der Waals surface area contributed by atoms with E-state index < -0.39 is 10.2 Å². The van der Waals surface area contributed by atoms with Gasteiger partial charge in [0.15, 0.2) is 0 Å². The molecule has 0 bridgehead atoms. The normalized spacial score (nSPS) is 26.9. The summed E-state index contributed by atoms with van der Waals surface area (Å²) in [6.07, 6.45) is 4.97. The Bertz CT molecular complexity index is 292. The highest BCUT2D eigenvalue weighted by atomic mass is 32.2. The summed E-state index contributed by atoms with van der Waals surface area (Å²) in [6.45, 7) is 2.93. The summed E-state index contributed by atoms with van der Waals surface area (Å²) in [5, 5.41) is 0. The lowest BCUT2D eigenvalue weighted by Crippen LogP contribution is -2.41. The molecule has 96 valence electrons. The average molecular weight is 249 g/mol. The van der Waals surface area contributed by atoms with E-state index in [4.69, 9.17) is 5.73 Å². The highest BCUT2D eigenvalue weighted by Gasteiger charge is 2.20. The summed E-state index contributed by atoms with van der Waals surface area (Å²) in [7, 11) is -3.30. The van der Waals surface area contributed by atoms with Crippen LogP contribution in [0.5, 0.6) is 0 Å². The van der Waals surface area contributed by atoms with Crippen LogP contribution in [-0.4, -0.2) is 27.5 Å². The average Bonchev–Trinajstić information content (AvgIpc) is 2.24. The molecule has 16 heavy (non-hydrogen) atoms. The van der Waals surface area contributed by atoms with Gasteiger partial charge in [0.05, 0.1) is 0 Å². The minimum Gasteiger partial charge on any atom is -0.328 e. The summed E-state index contributed by atoms with van der Waals surface area (Å²) < 4.78 is 28.0. The lowest BCUT2D eigenvalue weighted by Gasteiger charge is -2.26. The van der Waals surface area contributed by atoms with Crippen LogP contribution in [0.4, 0.5) is 0 Å². The summed E-state index contributed by atoms with van der Waals surface area (Å²) in [6, 6.07) is 0.242. The van der Waals surface area contributed by atoms with Gasteiger partial charge in [-0.1, -0.05) is 13.3 Å². The van der Waals surface area contributed by atoms with Crippen molar-refractivity contribution < 1.29 is 8.42 Å². The van der Waals surface area contributed by atoms with Crippen molar-refractivity contribution in [2.75, 3.05) is 13.1 Å². The zero-order chi connectivity index (χ0) is 12.0. The molecule has 4 N–H and O–H groups in total. The van der Waals surface area contributed by atoms with Gasteiger partial charge in [-0.25, -0.2) is 9.44 Å². The van der Waals surface area contributed by atoms with Crippen molar-refractivity contribution in [3.05, 3.63) is 0 Å². The van der Waals surface area contributed by atoms with Gasteiger partial charge in [-0.05, 0) is 31.6 Å². The van der Waals surface area contributed by atoms with Gasteiger partial charge in [0.2, 0.25) is 0 Å². The van der Waals surface area contributed by atoms with Gasteiger partial charge >= 0.3 is 0 Å². The van der Waals surface area contributed by atoms with E-state index in [2.05, 4.69) is 9.44 Å². The van der Waals surface area contributed by atoms with E-state index in [1.807, 2.05) is 6.92 Å². The lowest BCUT2D eigenvalue weighted by molar-refractivity contribution is 0.322. The molecular formula is C10H23N3O2S. The predicted molar refractivity (Wildman–Crippen MR) is 65.1 cm³/mol. The van der Waals surface area contributed by atoms with Gasteiger partial charge in [0.1, 0.15) is 0 Å². The summed E-state index contributed by atoms with van der Waals surface area (Å²) in [5.41, 5.74) is 5.85. The molecule has 0 heterocycles. The molecule has 0 radical (unpaired) electrons. The number of nitrogens with one attached hydrogen (secondary N) is 2. The maximum Gasteiger partial charge on any atom is 0.276 e. The highest BCUT2D eigenvalue weighted by molar-refractivity contribution is 7.87. The Morgan fingerprint density at radius 2 is 2.06 bits per heavy atom. The summed E-state index contributed by atoms with van der Waals surface area (Å²) in [5.74, 6) is 0.391. The maximum absolute atomic E-state index is 11.5. The van der Waals surface area contributed by atoms with Crippen molar-refractivity contribution in [1.29, 1.82) is 0 Å². The van der Waals surface area contributed by atoms with Gasteiger partial charge in [0.25, 0.3) is 10.2 Å². The molecule has 0 saturated heterocycles. The molecule has 1 rings (SSSR count). The first-order chi connectivity index (χ1) is 7.53. The van der Waals surface area contributed by atoms with E-state index in [1.165, 1.54) is 0 Å². The van der Waals surface area contributed by atoms with E-state index in [9.17, 15) is 8.42 Å². The molecule has 1 fully saturated rings. The van der Waals surface area contributed by atoms with Crippen LogP contribution in [0.2, 0.25) is 0 Å². The van der Waals surface area contributed by atoms with Crippen molar-refractivity contribution in [3.8, 4) is 0 Å². The first-order valence-electron chi connectivity index (χ1n) is 6.03. The quantitative estimate of drug-likeness (QED) is 0.634. The minimum absolute atomic E-state index is 0.242. The van der Waals surface area contributed by atoms with Crippen molar-refractivity contribution in [2.24, 2.45) is 11.7 Å². The topological polar surface area (TPSA) is 84.2 Å². The zero-order valence-corrected chi connectivity index (χ0v) is 10.7.